The van der Waals surface area contributed by atoms with Gasteiger partial charge in [-0.1, -0.05) is 0 Å². The third kappa shape index (κ3) is 3.48. The molecule has 0 rings (SSSR count). The zero-order valence-corrected chi connectivity index (χ0v) is 8.35. The summed E-state index contributed by atoms with van der Waals surface area (Å²) in [6.07, 6.45) is 0. The van der Waals surface area contributed by atoms with Gasteiger partial charge in [-0.15, -0.1) is 0 Å². The van der Waals surface area contributed by atoms with E-state index in [-0.39, 0.29) is 13.2 Å². The minimum absolute atomic E-state index is 0.136. The van der Waals surface area contributed by atoms with Gasteiger partial charge >= 0.3 is 0 Å². The predicted octanol–water partition coefficient (Wildman–Crippen LogP) is -0.803. The van der Waals surface area contributed by atoms with E-state index in [2.05, 4.69) is 4.72 Å². The van der Waals surface area contributed by atoms with Gasteiger partial charge in [0.05, 0.1) is 13.2 Å². The molecule has 0 aliphatic carbocycles. The number of ether oxygens (including phenoxy) is 2. The summed E-state index contributed by atoms with van der Waals surface area (Å²) in [6.45, 7) is 0.272. The molecule has 0 aromatic heterocycles. The Morgan fingerprint density at radius 3 is 1.92 bits per heavy atom. The molecule has 0 heterocycles. The summed E-state index contributed by atoms with van der Waals surface area (Å²) in [6, 6.07) is 0. The van der Waals surface area contributed by atoms with Gasteiger partial charge in [-0.05, 0) is 7.05 Å². The molecule has 12 heavy (non-hydrogen) atoms. The molecule has 0 atom stereocenters. The maximum atomic E-state index is 11.2. The molecule has 1 N–H and O–H groups in total. The van der Waals surface area contributed by atoms with Crippen molar-refractivity contribution in [2.24, 2.45) is 0 Å². The van der Waals surface area contributed by atoms with Gasteiger partial charge in [0, 0.05) is 14.2 Å². The van der Waals surface area contributed by atoms with Gasteiger partial charge in [0.1, 0.15) is 5.25 Å². The Kier molecular flexibility index (Phi) is 5.39. The first-order valence-corrected chi connectivity index (χ1v) is 5.03. The lowest BCUT2D eigenvalue weighted by atomic mass is 10.5. The molecule has 0 unspecified atom stereocenters. The fraction of sp³-hybridized carbons (Fsp3) is 1.00. The van der Waals surface area contributed by atoms with Gasteiger partial charge in [-0.3, -0.25) is 0 Å². The summed E-state index contributed by atoms with van der Waals surface area (Å²) in [5, 5.41) is -0.641. The van der Waals surface area contributed by atoms with Gasteiger partial charge in [-0.25, -0.2) is 13.1 Å². The van der Waals surface area contributed by atoms with Gasteiger partial charge < -0.3 is 9.47 Å². The van der Waals surface area contributed by atoms with E-state index in [0.29, 0.717) is 0 Å². The van der Waals surface area contributed by atoms with Gasteiger partial charge in [0.2, 0.25) is 10.0 Å². The van der Waals surface area contributed by atoms with Crippen molar-refractivity contribution in [3.63, 3.8) is 0 Å². The Balaban J connectivity index is 4.28. The van der Waals surface area contributed by atoms with Crippen molar-refractivity contribution in [2.45, 2.75) is 5.25 Å². The maximum absolute atomic E-state index is 11.2. The normalized spacial score (nSPS) is 12.3. The van der Waals surface area contributed by atoms with E-state index in [1.54, 1.807) is 0 Å². The molecule has 0 aromatic rings. The Bertz CT molecular complexity index is 196. The van der Waals surface area contributed by atoms with Crippen LogP contribution in [0.2, 0.25) is 0 Å². The first-order valence-electron chi connectivity index (χ1n) is 3.48. The molecule has 0 saturated heterocycles. The lowest BCUT2D eigenvalue weighted by molar-refractivity contribution is 0.140. The first kappa shape index (κ1) is 11.8. The van der Waals surface area contributed by atoms with Crippen LogP contribution in [0.15, 0.2) is 0 Å². The van der Waals surface area contributed by atoms with Crippen molar-refractivity contribution in [3.05, 3.63) is 0 Å². The zero-order valence-electron chi connectivity index (χ0n) is 7.53. The molecule has 0 radical (unpaired) electrons. The number of methoxy groups -OCH3 is 2. The third-order valence-electron chi connectivity index (χ3n) is 1.43. The van der Waals surface area contributed by atoms with E-state index < -0.39 is 15.3 Å². The van der Waals surface area contributed by atoms with Crippen LogP contribution in [0.5, 0.6) is 0 Å². The van der Waals surface area contributed by atoms with Crippen LogP contribution in [0, 0.1) is 0 Å². The standard InChI is InChI=1S/C6H15NO4S/c1-7-12(8,9)6(4-10-2)5-11-3/h6-7H,4-5H2,1-3H3. The van der Waals surface area contributed by atoms with E-state index >= 15 is 0 Å². The monoisotopic (exact) mass is 197 g/mol. The predicted molar refractivity (Wildman–Crippen MR) is 45.5 cm³/mol. The smallest absolute Gasteiger partial charge is 0.218 e. The highest BCUT2D eigenvalue weighted by molar-refractivity contribution is 7.90. The Hall–Kier alpha value is -0.170. The molecule has 0 aliphatic rings. The average Bonchev–Trinajstić information content (AvgIpc) is 2.04. The van der Waals surface area contributed by atoms with E-state index in [1.165, 1.54) is 21.3 Å². The summed E-state index contributed by atoms with van der Waals surface area (Å²) < 4.78 is 34.1. The minimum atomic E-state index is -3.28. The lowest BCUT2D eigenvalue weighted by Gasteiger charge is -2.14. The number of sulfonamides is 1. The topological polar surface area (TPSA) is 64.6 Å². The van der Waals surface area contributed by atoms with Crippen LogP contribution in [0.1, 0.15) is 0 Å². The van der Waals surface area contributed by atoms with Crippen molar-refractivity contribution in [1.82, 2.24) is 4.72 Å². The van der Waals surface area contributed by atoms with Crippen LogP contribution in [-0.4, -0.2) is 48.1 Å². The molecule has 0 aromatic carbocycles. The zero-order chi connectivity index (χ0) is 9.61. The quantitative estimate of drug-likeness (QED) is 0.605. The highest BCUT2D eigenvalue weighted by atomic mass is 32.2. The highest BCUT2D eigenvalue weighted by Gasteiger charge is 2.23. The van der Waals surface area contributed by atoms with Gasteiger partial charge in [0.15, 0.2) is 0 Å². The summed E-state index contributed by atoms with van der Waals surface area (Å²) in [7, 11) is 0.989. The van der Waals surface area contributed by atoms with Crippen LogP contribution < -0.4 is 4.72 Å². The van der Waals surface area contributed by atoms with Gasteiger partial charge in [0.25, 0.3) is 0 Å². The van der Waals surface area contributed by atoms with Gasteiger partial charge in [-0.2, -0.15) is 0 Å². The summed E-state index contributed by atoms with van der Waals surface area (Å²) >= 11 is 0. The van der Waals surface area contributed by atoms with E-state index in [9.17, 15) is 8.42 Å². The largest absolute Gasteiger partial charge is 0.383 e. The molecule has 0 bridgehead atoms. The number of rotatable bonds is 6. The van der Waals surface area contributed by atoms with Crippen LogP contribution >= 0.6 is 0 Å². The Morgan fingerprint density at radius 2 is 1.67 bits per heavy atom. The summed E-state index contributed by atoms with van der Waals surface area (Å²) in [4.78, 5) is 0. The number of hydrogen-bond donors (Lipinski definition) is 1. The van der Waals surface area contributed by atoms with Crippen LogP contribution in [0.25, 0.3) is 0 Å². The summed E-state index contributed by atoms with van der Waals surface area (Å²) in [5.41, 5.74) is 0. The molecular formula is C6H15NO4S. The highest BCUT2D eigenvalue weighted by Crippen LogP contribution is 1.99. The van der Waals surface area contributed by atoms with E-state index in [4.69, 9.17) is 9.47 Å². The fourth-order valence-electron chi connectivity index (χ4n) is 0.766. The Morgan fingerprint density at radius 1 is 1.25 bits per heavy atom. The number of nitrogens with one attached hydrogen (secondary N) is 1. The van der Waals surface area contributed by atoms with E-state index in [0.717, 1.165) is 0 Å². The molecule has 5 nitrogen and oxygen atoms in total. The molecule has 0 saturated carbocycles. The van der Waals surface area contributed by atoms with E-state index in [1.807, 2.05) is 0 Å². The lowest BCUT2D eigenvalue weighted by Crippen LogP contribution is -2.38. The second kappa shape index (κ2) is 5.47. The Labute approximate surface area is 73.1 Å². The van der Waals surface area contributed by atoms with Crippen molar-refractivity contribution < 1.29 is 17.9 Å². The minimum Gasteiger partial charge on any atom is -0.383 e. The van der Waals surface area contributed by atoms with Crippen molar-refractivity contribution >= 4 is 10.0 Å². The molecule has 6 heteroatoms. The second-order valence-corrected chi connectivity index (χ2v) is 4.45. The molecule has 0 spiro atoms. The fourth-order valence-corrected chi connectivity index (χ4v) is 1.73. The third-order valence-corrected chi connectivity index (χ3v) is 3.15. The molecule has 0 amide bonds. The van der Waals surface area contributed by atoms with Crippen molar-refractivity contribution in [2.75, 3.05) is 34.5 Å². The van der Waals surface area contributed by atoms with Crippen LogP contribution in [-0.2, 0) is 19.5 Å². The second-order valence-electron chi connectivity index (χ2n) is 2.28. The molecular weight excluding hydrogens is 182 g/mol. The average molecular weight is 197 g/mol. The molecule has 74 valence electrons. The number of hydrogen-bond acceptors (Lipinski definition) is 4. The van der Waals surface area contributed by atoms with Crippen LogP contribution in [0.3, 0.4) is 0 Å². The van der Waals surface area contributed by atoms with Crippen molar-refractivity contribution in [3.8, 4) is 0 Å². The SMILES string of the molecule is CNS(=O)(=O)C(COC)COC. The molecule has 0 fully saturated rings. The first-order chi connectivity index (χ1) is 5.58. The maximum Gasteiger partial charge on any atom is 0.218 e. The van der Waals surface area contributed by atoms with Crippen LogP contribution in [0.4, 0.5) is 0 Å². The van der Waals surface area contributed by atoms with Crippen molar-refractivity contribution in [1.29, 1.82) is 0 Å². The summed E-state index contributed by atoms with van der Waals surface area (Å²) in [5.74, 6) is 0. The molecule has 0 aliphatic heterocycles.